The summed E-state index contributed by atoms with van der Waals surface area (Å²) in [6, 6.07) is 51.5. The fourth-order valence-corrected chi connectivity index (χ4v) is 6.84. The molecule has 5 aromatic carbocycles. The number of hydrogen-bond acceptors (Lipinski definition) is 6. The van der Waals surface area contributed by atoms with Gasteiger partial charge < -0.3 is 24.0 Å². The SMILES string of the molecule is CC(C)c1cc(-c2cnc(-n3c4[c-]c(Oc5[c-]c(-c6ccccn6)ccc5)ccc4c4ccc(Oc5[c-]c(-c6ccccn6)ccc5)[c-]c43)nc2)cc(C(C)C)c1.[Pd+2].[Pt+2]. The maximum atomic E-state index is 6.39. The zero-order valence-corrected chi connectivity index (χ0v) is 36.4. The van der Waals surface area contributed by atoms with E-state index in [0.29, 0.717) is 40.8 Å². The smallest absolute Gasteiger partial charge is 0.503 e. The molecule has 59 heavy (non-hydrogen) atoms. The quantitative estimate of drug-likeness (QED) is 0.100. The van der Waals surface area contributed by atoms with Gasteiger partial charge in [-0.1, -0.05) is 93.3 Å². The van der Waals surface area contributed by atoms with Gasteiger partial charge in [0.15, 0.2) is 0 Å². The van der Waals surface area contributed by atoms with E-state index in [-0.39, 0.29) is 41.5 Å². The molecule has 0 N–H and O–H groups in total. The number of pyridine rings is 2. The number of ether oxygens (including phenoxy) is 2. The molecule has 0 amide bonds. The molecule has 0 aliphatic rings. The van der Waals surface area contributed by atoms with Crippen LogP contribution in [0.15, 0.2) is 140 Å². The van der Waals surface area contributed by atoms with E-state index in [4.69, 9.17) is 19.4 Å². The van der Waals surface area contributed by atoms with Gasteiger partial charge in [-0.3, -0.25) is 0 Å². The Morgan fingerprint density at radius 2 is 0.966 bits per heavy atom. The molecule has 0 spiro atoms. The van der Waals surface area contributed by atoms with Crippen LogP contribution in [0.1, 0.15) is 50.7 Å². The summed E-state index contributed by atoms with van der Waals surface area (Å²) in [5, 5.41) is 1.88. The van der Waals surface area contributed by atoms with Gasteiger partial charge in [-0.15, -0.1) is 71.8 Å². The van der Waals surface area contributed by atoms with Crippen molar-refractivity contribution in [1.82, 2.24) is 24.5 Å². The topological polar surface area (TPSA) is 75.0 Å². The van der Waals surface area contributed by atoms with Crippen molar-refractivity contribution < 1.29 is 51.0 Å². The number of aromatic nitrogens is 5. The maximum absolute atomic E-state index is 6.39. The standard InChI is InChI=1S/C50H37N5O2.Pd.Pt/c1-32(2)36-23-37(33(3)4)25-38(24-36)39-30-53-50(54-31-39)55-48-28-42(56-40-13-9-11-34(26-40)46-15-5-7-21-51-46)17-19-44(48)45-20-18-43(29-49(45)55)57-41-14-10-12-35(27-41)47-16-6-8-22-52-47;;/h5-25,30-33H,1-4H3;;/q-4;2*+2. The molecule has 0 atom stereocenters. The summed E-state index contributed by atoms with van der Waals surface area (Å²) in [6.45, 7) is 8.88. The molecule has 7 nitrogen and oxygen atoms in total. The molecular formula is C50H37N5O2PdPt. The summed E-state index contributed by atoms with van der Waals surface area (Å²) >= 11 is 0. The first kappa shape index (κ1) is 41.4. The van der Waals surface area contributed by atoms with Crippen molar-refractivity contribution in [3.63, 3.8) is 0 Å². The van der Waals surface area contributed by atoms with Crippen LogP contribution in [0.25, 0.3) is 61.4 Å². The molecule has 9 aromatic rings. The molecule has 294 valence electrons. The van der Waals surface area contributed by atoms with Gasteiger partial charge in [0.05, 0.1) is 0 Å². The fraction of sp³-hybridized carbons (Fsp3) is 0.120. The van der Waals surface area contributed by atoms with Crippen molar-refractivity contribution in [1.29, 1.82) is 0 Å². The van der Waals surface area contributed by atoms with Crippen molar-refractivity contribution >= 4 is 21.8 Å². The number of hydrogen-bond donors (Lipinski definition) is 0. The minimum atomic E-state index is 0. The largest absolute Gasteiger partial charge is 2.00 e. The minimum Gasteiger partial charge on any atom is -0.503 e. The van der Waals surface area contributed by atoms with Gasteiger partial charge in [-0.2, -0.15) is 22.9 Å². The Kier molecular flexibility index (Phi) is 12.6. The third-order valence-corrected chi connectivity index (χ3v) is 9.87. The van der Waals surface area contributed by atoms with Gasteiger partial charge in [0.2, 0.25) is 5.95 Å². The molecule has 9 rings (SSSR count). The normalized spacial score (nSPS) is 11.1. The summed E-state index contributed by atoms with van der Waals surface area (Å²) in [5.74, 6) is 3.38. The number of rotatable bonds is 10. The Hall–Kier alpha value is -5.77. The van der Waals surface area contributed by atoms with Crippen LogP contribution in [0.3, 0.4) is 0 Å². The summed E-state index contributed by atoms with van der Waals surface area (Å²) in [5.41, 5.74) is 9.38. The first-order chi connectivity index (χ1) is 27.9. The molecule has 0 unspecified atom stereocenters. The monoisotopic (exact) mass is 1040 g/mol. The number of nitrogens with zero attached hydrogens (tertiary/aromatic N) is 5. The van der Waals surface area contributed by atoms with Crippen LogP contribution in [0, 0.1) is 24.3 Å². The molecule has 0 saturated heterocycles. The predicted octanol–water partition coefficient (Wildman–Crippen LogP) is 12.4. The Bertz CT molecular complexity index is 2700. The molecule has 0 fully saturated rings. The first-order valence-electron chi connectivity index (χ1n) is 19.0. The van der Waals surface area contributed by atoms with E-state index >= 15 is 0 Å². The van der Waals surface area contributed by atoms with Gasteiger partial charge in [-0.05, 0) is 52.0 Å². The van der Waals surface area contributed by atoms with Crippen LogP contribution in [0.2, 0.25) is 0 Å². The van der Waals surface area contributed by atoms with Crippen molar-refractivity contribution in [3.8, 4) is 62.6 Å². The van der Waals surface area contributed by atoms with Crippen molar-refractivity contribution in [2.75, 3.05) is 0 Å². The first-order valence-corrected chi connectivity index (χ1v) is 19.0. The molecule has 0 radical (unpaired) electrons. The van der Waals surface area contributed by atoms with Gasteiger partial charge in [0.1, 0.15) is 0 Å². The van der Waals surface area contributed by atoms with Crippen molar-refractivity contribution in [2.24, 2.45) is 0 Å². The molecule has 4 aromatic heterocycles. The van der Waals surface area contributed by atoms with E-state index in [1.165, 1.54) is 11.1 Å². The van der Waals surface area contributed by atoms with E-state index < -0.39 is 0 Å². The second-order valence-electron chi connectivity index (χ2n) is 14.5. The number of fused-ring (bicyclic) bond motifs is 3. The van der Waals surface area contributed by atoms with Crippen LogP contribution in [-0.4, -0.2) is 24.5 Å². The Balaban J connectivity index is 0.00000264. The van der Waals surface area contributed by atoms with Gasteiger partial charge in [0, 0.05) is 53.3 Å². The van der Waals surface area contributed by atoms with Crippen LogP contribution >= 0.6 is 0 Å². The van der Waals surface area contributed by atoms with Crippen LogP contribution in [-0.2, 0) is 41.5 Å². The second-order valence-corrected chi connectivity index (χ2v) is 14.5. The Morgan fingerprint density at radius 3 is 1.41 bits per heavy atom. The predicted molar refractivity (Wildman–Crippen MR) is 225 cm³/mol. The van der Waals surface area contributed by atoms with Gasteiger partial charge in [-0.25, -0.2) is 9.97 Å². The summed E-state index contributed by atoms with van der Waals surface area (Å²) in [7, 11) is 0. The third kappa shape index (κ3) is 8.82. The zero-order valence-electron chi connectivity index (χ0n) is 32.6. The molecule has 0 bridgehead atoms. The van der Waals surface area contributed by atoms with Crippen molar-refractivity contribution in [2.45, 2.75) is 39.5 Å². The minimum absolute atomic E-state index is 0. The van der Waals surface area contributed by atoms with Crippen LogP contribution < -0.4 is 9.47 Å². The summed E-state index contributed by atoms with van der Waals surface area (Å²) < 4.78 is 14.7. The van der Waals surface area contributed by atoms with E-state index in [0.717, 1.165) is 55.4 Å². The molecular weight excluding hydrogens is 1000 g/mol. The van der Waals surface area contributed by atoms with E-state index in [1.807, 2.05) is 114 Å². The van der Waals surface area contributed by atoms with Crippen molar-refractivity contribution in [3.05, 3.63) is 175 Å². The number of benzene rings is 5. The summed E-state index contributed by atoms with van der Waals surface area (Å²) in [6.07, 6.45) is 7.31. The van der Waals surface area contributed by atoms with E-state index in [9.17, 15) is 0 Å². The summed E-state index contributed by atoms with van der Waals surface area (Å²) in [4.78, 5) is 18.9. The van der Waals surface area contributed by atoms with Crippen LogP contribution in [0.5, 0.6) is 23.0 Å². The average Bonchev–Trinajstić information content (AvgIpc) is 3.57. The third-order valence-electron chi connectivity index (χ3n) is 9.87. The Morgan fingerprint density at radius 1 is 0.492 bits per heavy atom. The van der Waals surface area contributed by atoms with Gasteiger partial charge >= 0.3 is 41.5 Å². The fourth-order valence-electron chi connectivity index (χ4n) is 6.84. The maximum Gasteiger partial charge on any atom is 2.00 e. The van der Waals surface area contributed by atoms with E-state index in [2.05, 4.69) is 80.1 Å². The molecule has 9 heteroatoms. The second kappa shape index (κ2) is 18.0. The average molecular weight is 1040 g/mol. The zero-order chi connectivity index (χ0) is 38.9. The van der Waals surface area contributed by atoms with Crippen LogP contribution in [0.4, 0.5) is 0 Å². The van der Waals surface area contributed by atoms with Gasteiger partial charge in [0.25, 0.3) is 0 Å². The molecule has 0 aliphatic carbocycles. The molecule has 0 saturated carbocycles. The molecule has 4 heterocycles. The van der Waals surface area contributed by atoms with E-state index in [1.54, 1.807) is 12.4 Å². The molecule has 0 aliphatic heterocycles. The Labute approximate surface area is 372 Å².